The standard InChI is InChI=1S/C15H23N3O/c16-9-12-5-1-2-6-13(12)10-18(11-15(17)19)14-7-3-4-8-14/h1-2,5-6,14H,3-4,7-11,16H2,(H2,17,19). The van der Waals surface area contributed by atoms with Crippen LogP contribution in [-0.2, 0) is 17.9 Å². The molecule has 1 aromatic carbocycles. The van der Waals surface area contributed by atoms with Gasteiger partial charge in [-0.3, -0.25) is 9.69 Å². The van der Waals surface area contributed by atoms with Crippen molar-refractivity contribution in [3.05, 3.63) is 35.4 Å². The number of rotatable bonds is 6. The fourth-order valence-corrected chi connectivity index (χ4v) is 2.91. The van der Waals surface area contributed by atoms with E-state index in [2.05, 4.69) is 11.0 Å². The molecule has 0 atom stereocenters. The van der Waals surface area contributed by atoms with Gasteiger partial charge in [-0.1, -0.05) is 37.1 Å². The van der Waals surface area contributed by atoms with E-state index in [1.54, 1.807) is 0 Å². The first-order valence-electron chi connectivity index (χ1n) is 7.00. The minimum absolute atomic E-state index is 0.253. The highest BCUT2D eigenvalue weighted by molar-refractivity contribution is 5.76. The molecule has 0 radical (unpaired) electrons. The smallest absolute Gasteiger partial charge is 0.231 e. The van der Waals surface area contributed by atoms with Crippen molar-refractivity contribution in [2.75, 3.05) is 6.54 Å². The third-order valence-electron chi connectivity index (χ3n) is 3.91. The zero-order chi connectivity index (χ0) is 13.7. The fourth-order valence-electron chi connectivity index (χ4n) is 2.91. The molecule has 0 heterocycles. The molecule has 19 heavy (non-hydrogen) atoms. The topological polar surface area (TPSA) is 72.3 Å². The maximum Gasteiger partial charge on any atom is 0.231 e. The van der Waals surface area contributed by atoms with E-state index in [9.17, 15) is 4.79 Å². The minimum atomic E-state index is -0.253. The Kier molecular flexibility index (Phi) is 4.93. The van der Waals surface area contributed by atoms with Gasteiger partial charge in [0.15, 0.2) is 0 Å². The summed E-state index contributed by atoms with van der Waals surface area (Å²) >= 11 is 0. The minimum Gasteiger partial charge on any atom is -0.369 e. The van der Waals surface area contributed by atoms with Gasteiger partial charge >= 0.3 is 0 Å². The van der Waals surface area contributed by atoms with E-state index in [4.69, 9.17) is 11.5 Å². The Balaban J connectivity index is 2.12. The van der Waals surface area contributed by atoms with Crippen molar-refractivity contribution >= 4 is 5.91 Å². The molecule has 1 amide bonds. The Hall–Kier alpha value is -1.39. The fraction of sp³-hybridized carbons (Fsp3) is 0.533. The van der Waals surface area contributed by atoms with E-state index in [1.165, 1.54) is 18.4 Å². The van der Waals surface area contributed by atoms with Gasteiger partial charge in [-0.25, -0.2) is 0 Å². The highest BCUT2D eigenvalue weighted by atomic mass is 16.1. The van der Waals surface area contributed by atoms with Crippen molar-refractivity contribution in [2.24, 2.45) is 11.5 Å². The molecule has 1 aromatic rings. The van der Waals surface area contributed by atoms with Gasteiger partial charge in [0, 0.05) is 19.1 Å². The molecule has 0 spiro atoms. The molecular formula is C15H23N3O. The molecule has 1 saturated carbocycles. The van der Waals surface area contributed by atoms with Crippen molar-refractivity contribution in [3.63, 3.8) is 0 Å². The molecule has 0 aromatic heterocycles. The number of nitrogens with two attached hydrogens (primary N) is 2. The van der Waals surface area contributed by atoms with Crippen LogP contribution in [0.3, 0.4) is 0 Å². The molecule has 4 heteroatoms. The molecule has 104 valence electrons. The SMILES string of the molecule is NCc1ccccc1CN(CC(N)=O)C1CCCC1. The predicted molar refractivity (Wildman–Crippen MR) is 76.2 cm³/mol. The largest absolute Gasteiger partial charge is 0.369 e. The predicted octanol–water partition coefficient (Wildman–Crippen LogP) is 1.38. The molecule has 2 rings (SSSR count). The number of benzene rings is 1. The first kappa shape index (κ1) is 14.0. The number of primary amides is 1. The Bertz CT molecular complexity index is 427. The van der Waals surface area contributed by atoms with Crippen molar-refractivity contribution < 1.29 is 4.79 Å². The molecule has 0 bridgehead atoms. The first-order chi connectivity index (χ1) is 9.20. The summed E-state index contributed by atoms with van der Waals surface area (Å²) in [4.78, 5) is 13.5. The number of amides is 1. The van der Waals surface area contributed by atoms with Crippen LogP contribution in [0, 0.1) is 0 Å². The van der Waals surface area contributed by atoms with E-state index >= 15 is 0 Å². The highest BCUT2D eigenvalue weighted by Gasteiger charge is 2.24. The second-order valence-electron chi connectivity index (χ2n) is 5.28. The van der Waals surface area contributed by atoms with Crippen molar-refractivity contribution in [1.82, 2.24) is 4.90 Å². The molecule has 0 saturated heterocycles. The molecule has 0 unspecified atom stereocenters. The Morgan fingerprint density at radius 2 is 1.84 bits per heavy atom. The lowest BCUT2D eigenvalue weighted by atomic mass is 10.1. The van der Waals surface area contributed by atoms with Gasteiger partial charge < -0.3 is 11.5 Å². The average molecular weight is 261 g/mol. The number of carbonyl (C=O) groups excluding carboxylic acids is 1. The summed E-state index contributed by atoms with van der Waals surface area (Å²) in [6.45, 7) is 1.63. The maximum atomic E-state index is 11.3. The third kappa shape index (κ3) is 3.78. The van der Waals surface area contributed by atoms with Gasteiger partial charge in [0.25, 0.3) is 0 Å². The van der Waals surface area contributed by atoms with Crippen LogP contribution >= 0.6 is 0 Å². The summed E-state index contributed by atoms with van der Waals surface area (Å²) in [5, 5.41) is 0. The Morgan fingerprint density at radius 1 is 1.21 bits per heavy atom. The molecule has 0 aliphatic heterocycles. The maximum absolute atomic E-state index is 11.3. The lowest BCUT2D eigenvalue weighted by Gasteiger charge is -2.28. The second kappa shape index (κ2) is 6.68. The van der Waals surface area contributed by atoms with E-state index in [0.29, 0.717) is 19.1 Å². The van der Waals surface area contributed by atoms with E-state index in [-0.39, 0.29) is 5.91 Å². The van der Waals surface area contributed by atoms with E-state index < -0.39 is 0 Å². The zero-order valence-electron chi connectivity index (χ0n) is 11.3. The average Bonchev–Trinajstić information content (AvgIpc) is 2.92. The van der Waals surface area contributed by atoms with E-state index in [0.717, 1.165) is 24.9 Å². The van der Waals surface area contributed by atoms with Gasteiger partial charge in [0.2, 0.25) is 5.91 Å². The summed E-state index contributed by atoms with van der Waals surface area (Å²) < 4.78 is 0. The van der Waals surface area contributed by atoms with E-state index in [1.807, 2.05) is 18.2 Å². The summed E-state index contributed by atoms with van der Waals surface area (Å²) in [5.41, 5.74) is 13.5. The second-order valence-corrected chi connectivity index (χ2v) is 5.28. The van der Waals surface area contributed by atoms with Crippen LogP contribution in [-0.4, -0.2) is 23.4 Å². The van der Waals surface area contributed by atoms with Gasteiger partial charge in [0.1, 0.15) is 0 Å². The summed E-state index contributed by atoms with van der Waals surface area (Å²) in [5.74, 6) is -0.253. The monoisotopic (exact) mass is 261 g/mol. The number of carbonyl (C=O) groups is 1. The van der Waals surface area contributed by atoms with Crippen molar-refractivity contribution in [1.29, 1.82) is 0 Å². The van der Waals surface area contributed by atoms with Gasteiger partial charge in [-0.05, 0) is 24.0 Å². The van der Waals surface area contributed by atoms with Crippen LogP contribution in [0.5, 0.6) is 0 Å². The first-order valence-corrected chi connectivity index (χ1v) is 7.00. The van der Waals surface area contributed by atoms with Crippen LogP contribution in [0.1, 0.15) is 36.8 Å². The number of nitrogens with zero attached hydrogens (tertiary/aromatic N) is 1. The van der Waals surface area contributed by atoms with Gasteiger partial charge in [-0.15, -0.1) is 0 Å². The molecule has 1 fully saturated rings. The highest BCUT2D eigenvalue weighted by Crippen LogP contribution is 2.25. The quantitative estimate of drug-likeness (QED) is 0.812. The van der Waals surface area contributed by atoms with Crippen LogP contribution in [0.25, 0.3) is 0 Å². The molecule has 4 nitrogen and oxygen atoms in total. The summed E-state index contributed by atoms with van der Waals surface area (Å²) in [7, 11) is 0. The third-order valence-corrected chi connectivity index (χ3v) is 3.91. The van der Waals surface area contributed by atoms with Crippen molar-refractivity contribution in [2.45, 2.75) is 44.8 Å². The van der Waals surface area contributed by atoms with Crippen molar-refractivity contribution in [3.8, 4) is 0 Å². The Labute approximate surface area is 114 Å². The molecule has 1 aliphatic rings. The van der Waals surface area contributed by atoms with Crippen LogP contribution < -0.4 is 11.5 Å². The van der Waals surface area contributed by atoms with Crippen LogP contribution in [0.4, 0.5) is 0 Å². The molecule has 1 aliphatic carbocycles. The number of hydrogen-bond donors (Lipinski definition) is 2. The lowest BCUT2D eigenvalue weighted by Crippen LogP contribution is -2.39. The number of hydrogen-bond acceptors (Lipinski definition) is 3. The van der Waals surface area contributed by atoms with Crippen LogP contribution in [0.15, 0.2) is 24.3 Å². The summed E-state index contributed by atoms with van der Waals surface area (Å²) in [6.07, 6.45) is 4.83. The molecular weight excluding hydrogens is 238 g/mol. The normalized spacial score (nSPS) is 16.1. The van der Waals surface area contributed by atoms with Gasteiger partial charge in [-0.2, -0.15) is 0 Å². The lowest BCUT2D eigenvalue weighted by molar-refractivity contribution is -0.119. The van der Waals surface area contributed by atoms with Crippen LogP contribution in [0.2, 0.25) is 0 Å². The Morgan fingerprint density at radius 3 is 2.42 bits per heavy atom. The summed E-state index contributed by atoms with van der Waals surface area (Å²) in [6, 6.07) is 8.64. The van der Waals surface area contributed by atoms with Gasteiger partial charge in [0.05, 0.1) is 6.54 Å². The molecule has 4 N–H and O–H groups in total. The zero-order valence-corrected chi connectivity index (χ0v) is 11.3.